The van der Waals surface area contributed by atoms with Gasteiger partial charge in [-0.25, -0.2) is 29.9 Å². The quantitative estimate of drug-likeness (QED) is 0.144. The van der Waals surface area contributed by atoms with Crippen LogP contribution in [0.5, 0.6) is 0 Å². The third-order valence-corrected chi connectivity index (χ3v) is 10.9. The first-order valence-electron chi connectivity index (χ1n) is 20.6. The van der Waals surface area contributed by atoms with Crippen molar-refractivity contribution >= 4 is 0 Å². The second kappa shape index (κ2) is 16.8. The number of aryl methyl sites for hydroxylation is 2. The van der Waals surface area contributed by atoms with Crippen molar-refractivity contribution in [3.8, 4) is 102 Å². The van der Waals surface area contributed by atoms with Gasteiger partial charge < -0.3 is 0 Å². The van der Waals surface area contributed by atoms with E-state index in [1.807, 2.05) is 91.1 Å². The first-order valence-corrected chi connectivity index (χ1v) is 20.6. The Kier molecular flexibility index (Phi) is 10.3. The van der Waals surface area contributed by atoms with Gasteiger partial charge in [-0.05, 0) is 54.3 Å². The Balaban J connectivity index is 1.14. The van der Waals surface area contributed by atoms with Crippen molar-refractivity contribution in [3.63, 3.8) is 0 Å². The highest BCUT2D eigenvalue weighted by atomic mass is 15.0. The lowest BCUT2D eigenvalue weighted by Crippen LogP contribution is -2.02. The zero-order valence-corrected chi connectivity index (χ0v) is 34.2. The van der Waals surface area contributed by atoms with E-state index in [2.05, 4.69) is 123 Å². The third-order valence-electron chi connectivity index (χ3n) is 10.9. The van der Waals surface area contributed by atoms with Crippen molar-refractivity contribution in [2.75, 3.05) is 0 Å². The molecule has 3 aromatic heterocycles. The molecule has 0 saturated heterocycles. The Morgan fingerprint density at radius 2 is 0.629 bits per heavy atom. The predicted molar refractivity (Wildman–Crippen MR) is 249 cm³/mol. The first-order chi connectivity index (χ1) is 30.5. The van der Waals surface area contributed by atoms with Crippen molar-refractivity contribution in [3.05, 3.63) is 211 Å². The molecule has 0 atom stereocenters. The van der Waals surface area contributed by atoms with Crippen LogP contribution in [0.2, 0.25) is 0 Å². The second-order valence-corrected chi connectivity index (χ2v) is 15.1. The molecule has 0 aliphatic carbocycles. The topological polar surface area (TPSA) is 90.2 Å². The minimum absolute atomic E-state index is 0.583. The molecule has 0 aliphatic heterocycles. The van der Waals surface area contributed by atoms with Crippen molar-refractivity contribution in [1.82, 2.24) is 34.9 Å². The van der Waals surface area contributed by atoms with Gasteiger partial charge in [-0.3, -0.25) is 4.98 Å². The van der Waals surface area contributed by atoms with Crippen LogP contribution in [-0.4, -0.2) is 34.9 Å². The molecule has 0 unspecified atom stereocenters. The monoisotopic (exact) mass is 797 g/mol. The van der Waals surface area contributed by atoms with E-state index in [4.69, 9.17) is 34.9 Å². The summed E-state index contributed by atoms with van der Waals surface area (Å²) in [5, 5.41) is 0. The van der Waals surface area contributed by atoms with Crippen LogP contribution >= 0.6 is 0 Å². The van der Waals surface area contributed by atoms with Gasteiger partial charge in [0.1, 0.15) is 0 Å². The van der Waals surface area contributed by atoms with E-state index in [9.17, 15) is 0 Å². The van der Waals surface area contributed by atoms with Crippen LogP contribution in [0, 0.1) is 13.8 Å². The van der Waals surface area contributed by atoms with Crippen LogP contribution in [0.1, 0.15) is 11.1 Å². The molecule has 3 heterocycles. The number of pyridine rings is 1. The highest BCUT2D eigenvalue weighted by Gasteiger charge is 2.21. The average Bonchev–Trinajstić information content (AvgIpc) is 3.35. The zero-order valence-electron chi connectivity index (χ0n) is 34.2. The fourth-order valence-electron chi connectivity index (χ4n) is 7.61. The fourth-order valence-corrected chi connectivity index (χ4v) is 7.61. The van der Waals surface area contributed by atoms with E-state index in [1.165, 1.54) is 11.1 Å². The van der Waals surface area contributed by atoms with Crippen LogP contribution < -0.4 is 0 Å². The Morgan fingerprint density at radius 1 is 0.258 bits per heavy atom. The zero-order chi connectivity index (χ0) is 41.8. The summed E-state index contributed by atoms with van der Waals surface area (Å²) in [7, 11) is 0. The average molecular weight is 798 g/mol. The van der Waals surface area contributed by atoms with Gasteiger partial charge in [0.25, 0.3) is 0 Å². The SMILES string of the molecule is Cc1ccc(-c2nc(-c3ccccc3)nc(-c3ccccc3-c3ccc(-c4ccccc4-c4nc(-c5ccccc5)nc(-c5ccc(C)cc5)n4)c(-c4ccccn4)c3)n2)cc1. The van der Waals surface area contributed by atoms with E-state index in [0.29, 0.717) is 34.9 Å². The fraction of sp³-hybridized carbons (Fsp3) is 0.0364. The van der Waals surface area contributed by atoms with E-state index in [1.54, 1.807) is 0 Å². The number of benzene rings is 7. The molecule has 62 heavy (non-hydrogen) atoms. The first kappa shape index (κ1) is 37.9. The molecule has 0 bridgehead atoms. The molecule has 0 N–H and O–H groups in total. The van der Waals surface area contributed by atoms with Gasteiger partial charge in [-0.15, -0.1) is 0 Å². The van der Waals surface area contributed by atoms with Crippen molar-refractivity contribution in [2.45, 2.75) is 13.8 Å². The third kappa shape index (κ3) is 7.78. The van der Waals surface area contributed by atoms with Gasteiger partial charge >= 0.3 is 0 Å². The van der Waals surface area contributed by atoms with E-state index < -0.39 is 0 Å². The molecule has 0 radical (unpaired) electrons. The van der Waals surface area contributed by atoms with Gasteiger partial charge in [0, 0.05) is 45.1 Å². The number of rotatable bonds is 9. The number of hydrogen-bond acceptors (Lipinski definition) is 7. The molecule has 0 saturated carbocycles. The standard InChI is InChI=1S/C55H39N7/c1-36-24-28-40(29-25-36)52-57-50(38-15-5-3-6-16-38)59-54(61-52)46-21-11-9-19-43(46)42-32-33-45(48(35-42)49-23-13-14-34-56-49)44-20-10-12-22-47(44)55-60-51(39-17-7-4-8-18-39)58-53(62-55)41-30-26-37(2)27-31-41/h3-35H,1-2H3. The van der Waals surface area contributed by atoms with E-state index in [-0.39, 0.29) is 0 Å². The molecule has 7 nitrogen and oxygen atoms in total. The maximum absolute atomic E-state index is 5.13. The van der Waals surface area contributed by atoms with Gasteiger partial charge in [-0.2, -0.15) is 0 Å². The summed E-state index contributed by atoms with van der Waals surface area (Å²) < 4.78 is 0. The molecule has 294 valence electrons. The smallest absolute Gasteiger partial charge is 0.164 e. The van der Waals surface area contributed by atoms with Crippen LogP contribution in [0.4, 0.5) is 0 Å². The predicted octanol–water partition coefficient (Wildman–Crippen LogP) is 13.1. The van der Waals surface area contributed by atoms with Crippen LogP contribution in [0.3, 0.4) is 0 Å². The summed E-state index contributed by atoms with van der Waals surface area (Å²) in [5.41, 5.74) is 13.5. The number of hydrogen-bond donors (Lipinski definition) is 0. The van der Waals surface area contributed by atoms with Gasteiger partial charge in [0.2, 0.25) is 0 Å². The highest BCUT2D eigenvalue weighted by molar-refractivity contribution is 5.93. The molecule has 0 spiro atoms. The normalized spacial score (nSPS) is 11.1. The minimum atomic E-state index is 0.583. The summed E-state index contributed by atoms with van der Waals surface area (Å²) in [6, 6.07) is 65.9. The Hall–Kier alpha value is -8.29. The maximum atomic E-state index is 5.13. The number of nitrogens with zero attached hydrogens (tertiary/aromatic N) is 7. The minimum Gasteiger partial charge on any atom is -0.256 e. The Bertz CT molecular complexity index is 3170. The van der Waals surface area contributed by atoms with Crippen molar-refractivity contribution in [2.24, 2.45) is 0 Å². The summed E-state index contributed by atoms with van der Waals surface area (Å²) in [4.78, 5) is 35.3. The summed E-state index contributed by atoms with van der Waals surface area (Å²) in [6.45, 7) is 4.16. The molecule has 0 amide bonds. The molecular weight excluding hydrogens is 759 g/mol. The highest BCUT2D eigenvalue weighted by Crippen LogP contribution is 2.41. The summed E-state index contributed by atoms with van der Waals surface area (Å²) in [5.74, 6) is 3.62. The summed E-state index contributed by atoms with van der Waals surface area (Å²) >= 11 is 0. The molecule has 7 heteroatoms. The Labute approximate surface area is 360 Å². The summed E-state index contributed by atoms with van der Waals surface area (Å²) in [6.07, 6.45) is 1.83. The van der Waals surface area contributed by atoms with Crippen LogP contribution in [0.25, 0.3) is 102 Å². The van der Waals surface area contributed by atoms with Crippen LogP contribution in [-0.2, 0) is 0 Å². The van der Waals surface area contributed by atoms with Gasteiger partial charge in [0.05, 0.1) is 5.69 Å². The van der Waals surface area contributed by atoms with E-state index in [0.717, 1.165) is 66.9 Å². The van der Waals surface area contributed by atoms with Crippen molar-refractivity contribution in [1.29, 1.82) is 0 Å². The molecule has 10 aromatic rings. The van der Waals surface area contributed by atoms with E-state index >= 15 is 0 Å². The maximum Gasteiger partial charge on any atom is 0.164 e. The van der Waals surface area contributed by atoms with Crippen molar-refractivity contribution < 1.29 is 0 Å². The molecule has 0 aliphatic rings. The largest absolute Gasteiger partial charge is 0.256 e. The molecule has 10 rings (SSSR count). The molecule has 7 aromatic carbocycles. The molecular formula is C55H39N7. The lowest BCUT2D eigenvalue weighted by molar-refractivity contribution is 1.07. The lowest BCUT2D eigenvalue weighted by Gasteiger charge is -2.17. The van der Waals surface area contributed by atoms with Gasteiger partial charge in [-0.1, -0.05) is 187 Å². The second-order valence-electron chi connectivity index (χ2n) is 15.1. The molecule has 0 fully saturated rings. The lowest BCUT2D eigenvalue weighted by atomic mass is 9.89. The Morgan fingerprint density at radius 3 is 1.11 bits per heavy atom. The van der Waals surface area contributed by atoms with Gasteiger partial charge in [0.15, 0.2) is 34.9 Å². The van der Waals surface area contributed by atoms with Crippen LogP contribution in [0.15, 0.2) is 200 Å². The number of aromatic nitrogens is 7.